The van der Waals surface area contributed by atoms with Gasteiger partial charge in [0.05, 0.1) is 22.1 Å². The highest BCUT2D eigenvalue weighted by Crippen LogP contribution is 2.39. The molecule has 0 radical (unpaired) electrons. The summed E-state index contributed by atoms with van der Waals surface area (Å²) in [6.45, 7) is 0. The number of para-hydroxylation sites is 3. The van der Waals surface area contributed by atoms with Gasteiger partial charge < -0.3 is 4.57 Å². The summed E-state index contributed by atoms with van der Waals surface area (Å²) < 4.78 is 7.48. The molecule has 4 aromatic heterocycles. The first-order valence-electron chi connectivity index (χ1n) is 19.8. The standard InChI is InChI=1S/C53H35N3SSi/c1-4-17-36(18-5-1)55-46-27-13-10-23-40(46)44-35-49-45(34-48(44)55)41-24-11-14-28-47(41)56(49)52-33-39(31-32-54-52)58(37-19-6-2-7-20-37,38-21-8-3-9-22-38)51-30-16-26-43-42-25-12-15-29-50(42)57-53(43)51/h1-35H. The van der Waals surface area contributed by atoms with Gasteiger partial charge in [0.2, 0.25) is 0 Å². The summed E-state index contributed by atoms with van der Waals surface area (Å²) in [5, 5.41) is 12.9. The molecular formula is C53H35N3SSi. The molecule has 12 rings (SSSR count). The van der Waals surface area contributed by atoms with E-state index in [0.29, 0.717) is 0 Å². The Kier molecular flexibility index (Phi) is 7.42. The lowest BCUT2D eigenvalue weighted by Crippen LogP contribution is -2.74. The van der Waals surface area contributed by atoms with E-state index in [4.69, 9.17) is 4.98 Å². The van der Waals surface area contributed by atoms with Gasteiger partial charge in [-0.25, -0.2) is 4.98 Å². The first-order valence-corrected chi connectivity index (χ1v) is 22.6. The van der Waals surface area contributed by atoms with Crippen LogP contribution in [0.4, 0.5) is 0 Å². The van der Waals surface area contributed by atoms with E-state index in [1.54, 1.807) is 0 Å². The van der Waals surface area contributed by atoms with Crippen LogP contribution in [0.25, 0.3) is 75.3 Å². The fraction of sp³-hybridized carbons (Fsp3) is 0. The van der Waals surface area contributed by atoms with Gasteiger partial charge in [-0.15, -0.1) is 11.3 Å². The average molecular weight is 774 g/mol. The van der Waals surface area contributed by atoms with Crippen LogP contribution >= 0.6 is 11.3 Å². The van der Waals surface area contributed by atoms with Crippen molar-refractivity contribution in [2.75, 3.05) is 0 Å². The van der Waals surface area contributed by atoms with Gasteiger partial charge in [0, 0.05) is 53.6 Å². The van der Waals surface area contributed by atoms with Gasteiger partial charge in [-0.3, -0.25) is 4.57 Å². The van der Waals surface area contributed by atoms with Crippen LogP contribution in [-0.2, 0) is 0 Å². The van der Waals surface area contributed by atoms with Crippen LogP contribution in [0.1, 0.15) is 0 Å². The molecule has 5 heteroatoms. The van der Waals surface area contributed by atoms with Crippen LogP contribution in [0.2, 0.25) is 0 Å². The predicted octanol–water partition coefficient (Wildman–Crippen LogP) is 11.0. The topological polar surface area (TPSA) is 22.8 Å². The van der Waals surface area contributed by atoms with Crippen molar-refractivity contribution < 1.29 is 0 Å². The molecule has 0 N–H and O–H groups in total. The SMILES string of the molecule is c1ccc(-n2c3ccccc3c3cc4c(cc32)c2ccccc2n4-c2cc([Si](c3ccccc3)(c3ccccc3)c3cccc4c3sc3ccccc34)ccn2)cc1. The number of pyridine rings is 1. The number of benzene rings is 8. The maximum Gasteiger partial charge on any atom is 0.181 e. The van der Waals surface area contributed by atoms with Crippen LogP contribution in [0.15, 0.2) is 212 Å². The molecule has 0 unspecified atom stereocenters. The zero-order valence-electron chi connectivity index (χ0n) is 31.5. The molecule has 0 amide bonds. The lowest BCUT2D eigenvalue weighted by molar-refractivity contribution is 1.08. The number of rotatable bonds is 6. The van der Waals surface area contributed by atoms with E-state index >= 15 is 0 Å². The Morgan fingerprint density at radius 1 is 0.379 bits per heavy atom. The highest BCUT2D eigenvalue weighted by molar-refractivity contribution is 7.30. The third-order valence-electron chi connectivity index (χ3n) is 12.1. The molecule has 0 aliphatic carbocycles. The van der Waals surface area contributed by atoms with Gasteiger partial charge in [0.25, 0.3) is 0 Å². The van der Waals surface area contributed by atoms with Crippen molar-refractivity contribution in [2.45, 2.75) is 0 Å². The van der Waals surface area contributed by atoms with Crippen molar-refractivity contribution in [3.05, 3.63) is 212 Å². The second kappa shape index (κ2) is 13.0. The van der Waals surface area contributed by atoms with Crippen molar-refractivity contribution in [1.82, 2.24) is 14.1 Å². The highest BCUT2D eigenvalue weighted by atomic mass is 32.1. The molecule has 0 spiro atoms. The van der Waals surface area contributed by atoms with Crippen LogP contribution in [0.5, 0.6) is 0 Å². The van der Waals surface area contributed by atoms with Crippen LogP contribution < -0.4 is 20.7 Å². The Morgan fingerprint density at radius 2 is 0.914 bits per heavy atom. The van der Waals surface area contributed by atoms with Gasteiger partial charge in [0.15, 0.2) is 8.07 Å². The first-order chi connectivity index (χ1) is 28.8. The van der Waals surface area contributed by atoms with Crippen molar-refractivity contribution >= 4 is 104 Å². The molecule has 8 aromatic carbocycles. The molecule has 0 saturated carbocycles. The van der Waals surface area contributed by atoms with Crippen molar-refractivity contribution in [1.29, 1.82) is 0 Å². The van der Waals surface area contributed by atoms with Crippen molar-refractivity contribution in [3.8, 4) is 11.5 Å². The largest absolute Gasteiger partial charge is 0.309 e. The van der Waals surface area contributed by atoms with Crippen LogP contribution in [0.3, 0.4) is 0 Å². The number of fused-ring (bicyclic) bond motifs is 9. The van der Waals surface area contributed by atoms with Gasteiger partial charge in [-0.1, -0.05) is 152 Å². The average Bonchev–Trinajstić information content (AvgIpc) is 3.95. The molecule has 272 valence electrons. The Bertz CT molecular complexity index is 3470. The number of thiophene rings is 1. The fourth-order valence-corrected chi connectivity index (χ4v) is 16.2. The fourth-order valence-electron chi connectivity index (χ4n) is 9.69. The smallest absolute Gasteiger partial charge is 0.181 e. The molecule has 4 heterocycles. The first kappa shape index (κ1) is 33.1. The molecule has 0 atom stereocenters. The normalized spacial score (nSPS) is 12.1. The van der Waals surface area contributed by atoms with Gasteiger partial charge in [-0.2, -0.15) is 0 Å². The molecular weight excluding hydrogens is 739 g/mol. The molecule has 58 heavy (non-hydrogen) atoms. The van der Waals surface area contributed by atoms with E-state index in [9.17, 15) is 0 Å². The zero-order chi connectivity index (χ0) is 38.2. The summed E-state index contributed by atoms with van der Waals surface area (Å²) in [4.78, 5) is 5.25. The summed E-state index contributed by atoms with van der Waals surface area (Å²) in [7, 11) is -2.97. The maximum atomic E-state index is 5.25. The molecule has 0 aliphatic rings. The molecule has 12 aromatic rings. The van der Waals surface area contributed by atoms with E-state index < -0.39 is 8.07 Å². The predicted molar refractivity (Wildman–Crippen MR) is 249 cm³/mol. The molecule has 0 bridgehead atoms. The summed E-state index contributed by atoms with van der Waals surface area (Å²) in [6, 6.07) is 76.1. The molecule has 0 aliphatic heterocycles. The highest BCUT2D eigenvalue weighted by Gasteiger charge is 2.43. The minimum Gasteiger partial charge on any atom is -0.309 e. The summed E-state index contributed by atoms with van der Waals surface area (Å²) >= 11 is 1.92. The Hall–Kier alpha value is -7.05. The lowest BCUT2D eigenvalue weighted by Gasteiger charge is -2.35. The second-order valence-electron chi connectivity index (χ2n) is 15.1. The number of nitrogens with zero attached hydrogens (tertiary/aromatic N) is 3. The van der Waals surface area contributed by atoms with E-state index in [2.05, 4.69) is 215 Å². The molecule has 3 nitrogen and oxygen atoms in total. The molecule has 0 saturated heterocycles. The maximum absolute atomic E-state index is 5.25. The Morgan fingerprint density at radius 3 is 1.59 bits per heavy atom. The summed E-state index contributed by atoms with van der Waals surface area (Å²) in [5.41, 5.74) is 5.84. The number of hydrogen-bond acceptors (Lipinski definition) is 2. The minimum absolute atomic E-state index is 0.919. The quantitative estimate of drug-likeness (QED) is 0.122. The van der Waals surface area contributed by atoms with Crippen molar-refractivity contribution in [3.63, 3.8) is 0 Å². The van der Waals surface area contributed by atoms with Crippen LogP contribution in [-0.4, -0.2) is 22.2 Å². The van der Waals surface area contributed by atoms with Crippen molar-refractivity contribution in [2.24, 2.45) is 0 Å². The second-order valence-corrected chi connectivity index (χ2v) is 19.9. The molecule has 0 fully saturated rings. The van der Waals surface area contributed by atoms with Gasteiger partial charge in [0.1, 0.15) is 5.82 Å². The summed E-state index contributed by atoms with van der Waals surface area (Å²) in [6.07, 6.45) is 2.05. The third-order valence-corrected chi connectivity index (χ3v) is 18.3. The number of hydrogen-bond donors (Lipinski definition) is 0. The van der Waals surface area contributed by atoms with Crippen LogP contribution in [0, 0.1) is 0 Å². The monoisotopic (exact) mass is 773 g/mol. The van der Waals surface area contributed by atoms with E-state index in [0.717, 1.165) is 22.5 Å². The third kappa shape index (κ3) is 4.75. The minimum atomic E-state index is -2.97. The Balaban J connectivity index is 1.18. The Labute approximate surface area is 340 Å². The summed E-state index contributed by atoms with van der Waals surface area (Å²) in [5.74, 6) is 0.919. The zero-order valence-corrected chi connectivity index (χ0v) is 33.3. The van der Waals surface area contributed by atoms with Gasteiger partial charge >= 0.3 is 0 Å². The lowest BCUT2D eigenvalue weighted by atomic mass is 10.1. The number of aromatic nitrogens is 3. The van der Waals surface area contributed by atoms with E-state index in [1.807, 2.05) is 17.5 Å². The van der Waals surface area contributed by atoms with Gasteiger partial charge in [-0.05, 0) is 75.3 Å². The van der Waals surface area contributed by atoms with E-state index in [1.165, 1.54) is 73.5 Å². The van der Waals surface area contributed by atoms with E-state index in [-0.39, 0.29) is 0 Å².